The number of carbonyl (C=O) groups excluding carboxylic acids is 2. The van der Waals surface area contributed by atoms with Gasteiger partial charge in [-0.2, -0.15) is 0 Å². The third-order valence-corrected chi connectivity index (χ3v) is 3.66. The van der Waals surface area contributed by atoms with Gasteiger partial charge in [0.1, 0.15) is 11.5 Å². The van der Waals surface area contributed by atoms with Crippen LogP contribution in [0.25, 0.3) is 0 Å². The Labute approximate surface area is 114 Å². The van der Waals surface area contributed by atoms with Crippen LogP contribution >= 0.6 is 0 Å². The molecule has 1 aliphatic carbocycles. The molecule has 1 aromatic carbocycles. The van der Waals surface area contributed by atoms with E-state index in [-0.39, 0.29) is 11.7 Å². The monoisotopic (exact) mass is 260 g/mol. The van der Waals surface area contributed by atoms with Crippen molar-refractivity contribution < 1.29 is 14.3 Å². The van der Waals surface area contributed by atoms with Gasteiger partial charge in [-0.1, -0.05) is 6.92 Å². The van der Waals surface area contributed by atoms with Crippen LogP contribution in [0.3, 0.4) is 0 Å². The highest BCUT2D eigenvalue weighted by molar-refractivity contribution is 5.95. The van der Waals surface area contributed by atoms with Gasteiger partial charge in [-0.25, -0.2) is 0 Å². The van der Waals surface area contributed by atoms with Crippen molar-refractivity contribution in [3.63, 3.8) is 0 Å². The molecule has 19 heavy (non-hydrogen) atoms. The van der Waals surface area contributed by atoms with Gasteiger partial charge < -0.3 is 4.74 Å². The predicted molar refractivity (Wildman–Crippen MR) is 73.5 cm³/mol. The van der Waals surface area contributed by atoms with Crippen molar-refractivity contribution in [2.45, 2.75) is 39.0 Å². The second-order valence-corrected chi connectivity index (χ2v) is 4.99. The SMILES string of the molecule is CCC(=O)c1ccc(OCCC2CCCC2=O)cc1. The number of carbonyl (C=O) groups is 2. The van der Waals surface area contributed by atoms with E-state index in [4.69, 9.17) is 4.74 Å². The van der Waals surface area contributed by atoms with Crippen molar-refractivity contribution in [3.05, 3.63) is 29.8 Å². The highest BCUT2D eigenvalue weighted by Crippen LogP contribution is 2.24. The van der Waals surface area contributed by atoms with E-state index in [1.807, 2.05) is 19.1 Å². The Morgan fingerprint density at radius 1 is 1.32 bits per heavy atom. The Balaban J connectivity index is 1.80. The van der Waals surface area contributed by atoms with Gasteiger partial charge in [0.2, 0.25) is 0 Å². The molecule has 0 amide bonds. The largest absolute Gasteiger partial charge is 0.494 e. The van der Waals surface area contributed by atoms with Gasteiger partial charge in [-0.15, -0.1) is 0 Å². The van der Waals surface area contributed by atoms with Crippen molar-refractivity contribution in [1.29, 1.82) is 0 Å². The lowest BCUT2D eigenvalue weighted by atomic mass is 10.0. The standard InChI is InChI=1S/C16H20O3/c1-2-15(17)13-6-8-14(9-7-13)19-11-10-12-4-3-5-16(12)18/h6-9,12H,2-5,10-11H2,1H3. The Hall–Kier alpha value is -1.64. The lowest BCUT2D eigenvalue weighted by molar-refractivity contribution is -0.121. The number of ether oxygens (including phenoxy) is 1. The summed E-state index contributed by atoms with van der Waals surface area (Å²) < 4.78 is 5.62. The van der Waals surface area contributed by atoms with Crippen LogP contribution in [0, 0.1) is 5.92 Å². The first-order chi connectivity index (χ1) is 9.20. The van der Waals surface area contributed by atoms with Crippen LogP contribution in [0.15, 0.2) is 24.3 Å². The lowest BCUT2D eigenvalue weighted by Crippen LogP contribution is -2.11. The molecule has 1 aromatic rings. The Bertz CT molecular complexity index is 448. The van der Waals surface area contributed by atoms with E-state index in [1.165, 1.54) is 0 Å². The van der Waals surface area contributed by atoms with Gasteiger partial charge in [0.15, 0.2) is 5.78 Å². The number of Topliss-reactive ketones (excluding diaryl/α,β-unsaturated/α-hetero) is 2. The van der Waals surface area contributed by atoms with Crippen molar-refractivity contribution in [2.75, 3.05) is 6.61 Å². The fourth-order valence-corrected chi connectivity index (χ4v) is 2.45. The van der Waals surface area contributed by atoms with Crippen LogP contribution < -0.4 is 4.74 Å². The topological polar surface area (TPSA) is 43.4 Å². The van der Waals surface area contributed by atoms with Gasteiger partial charge in [0.25, 0.3) is 0 Å². The summed E-state index contributed by atoms with van der Waals surface area (Å²) in [7, 11) is 0. The zero-order valence-electron chi connectivity index (χ0n) is 11.4. The minimum atomic E-state index is 0.142. The first-order valence-electron chi connectivity index (χ1n) is 6.99. The molecule has 0 aromatic heterocycles. The molecule has 0 bridgehead atoms. The first-order valence-corrected chi connectivity index (χ1v) is 6.99. The van der Waals surface area contributed by atoms with E-state index in [0.29, 0.717) is 18.8 Å². The maximum atomic E-state index is 11.5. The molecule has 0 N–H and O–H groups in total. The lowest BCUT2D eigenvalue weighted by Gasteiger charge is -2.10. The van der Waals surface area contributed by atoms with Crippen LogP contribution in [0.4, 0.5) is 0 Å². The molecule has 1 unspecified atom stereocenters. The molecule has 0 spiro atoms. The van der Waals surface area contributed by atoms with E-state index in [2.05, 4.69) is 0 Å². The normalized spacial score (nSPS) is 18.6. The van der Waals surface area contributed by atoms with E-state index in [1.54, 1.807) is 12.1 Å². The second kappa shape index (κ2) is 6.50. The number of rotatable bonds is 6. The second-order valence-electron chi connectivity index (χ2n) is 4.99. The van der Waals surface area contributed by atoms with E-state index in [9.17, 15) is 9.59 Å². The van der Waals surface area contributed by atoms with E-state index < -0.39 is 0 Å². The zero-order chi connectivity index (χ0) is 13.7. The molecular formula is C16H20O3. The maximum Gasteiger partial charge on any atom is 0.162 e. The van der Waals surface area contributed by atoms with Gasteiger partial charge in [-0.05, 0) is 43.5 Å². The summed E-state index contributed by atoms with van der Waals surface area (Å²) in [5.74, 6) is 1.48. The number of ketones is 2. The number of hydrogen-bond acceptors (Lipinski definition) is 3. The Morgan fingerprint density at radius 3 is 2.63 bits per heavy atom. The zero-order valence-corrected chi connectivity index (χ0v) is 11.4. The molecular weight excluding hydrogens is 240 g/mol. The molecule has 1 atom stereocenters. The maximum absolute atomic E-state index is 11.5. The van der Waals surface area contributed by atoms with Crippen LogP contribution in [0.5, 0.6) is 5.75 Å². The van der Waals surface area contributed by atoms with Crippen molar-refractivity contribution in [2.24, 2.45) is 5.92 Å². The quantitative estimate of drug-likeness (QED) is 0.736. The van der Waals surface area contributed by atoms with Gasteiger partial charge in [0, 0.05) is 24.3 Å². The van der Waals surface area contributed by atoms with Gasteiger partial charge in [-0.3, -0.25) is 9.59 Å². The number of benzene rings is 1. The predicted octanol–water partition coefficient (Wildman–Crippen LogP) is 3.42. The highest BCUT2D eigenvalue weighted by Gasteiger charge is 2.23. The fraction of sp³-hybridized carbons (Fsp3) is 0.500. The third kappa shape index (κ3) is 3.66. The molecule has 0 saturated heterocycles. The summed E-state index contributed by atoms with van der Waals surface area (Å²) in [6.07, 6.45) is 4.08. The average molecular weight is 260 g/mol. The van der Waals surface area contributed by atoms with Crippen LogP contribution in [-0.2, 0) is 4.79 Å². The van der Waals surface area contributed by atoms with E-state index in [0.717, 1.165) is 37.0 Å². The Kier molecular flexibility index (Phi) is 4.72. The minimum absolute atomic E-state index is 0.142. The van der Waals surface area contributed by atoms with Crippen molar-refractivity contribution in [3.8, 4) is 5.75 Å². The summed E-state index contributed by atoms with van der Waals surface area (Å²) in [4.78, 5) is 22.9. The fourth-order valence-electron chi connectivity index (χ4n) is 2.45. The third-order valence-electron chi connectivity index (χ3n) is 3.66. The smallest absolute Gasteiger partial charge is 0.162 e. The van der Waals surface area contributed by atoms with Crippen molar-refractivity contribution in [1.82, 2.24) is 0 Å². The highest BCUT2D eigenvalue weighted by atomic mass is 16.5. The minimum Gasteiger partial charge on any atom is -0.494 e. The van der Waals surface area contributed by atoms with Crippen LogP contribution in [-0.4, -0.2) is 18.2 Å². The molecule has 0 radical (unpaired) electrons. The van der Waals surface area contributed by atoms with Gasteiger partial charge >= 0.3 is 0 Å². The molecule has 0 heterocycles. The van der Waals surface area contributed by atoms with E-state index >= 15 is 0 Å². The summed E-state index contributed by atoms with van der Waals surface area (Å²) in [6.45, 7) is 2.42. The average Bonchev–Trinajstić information content (AvgIpc) is 2.84. The molecule has 102 valence electrons. The molecule has 0 aliphatic heterocycles. The molecule has 3 heteroatoms. The van der Waals surface area contributed by atoms with Crippen LogP contribution in [0.2, 0.25) is 0 Å². The molecule has 1 saturated carbocycles. The summed E-state index contributed by atoms with van der Waals surface area (Å²) in [6, 6.07) is 7.22. The molecule has 2 rings (SSSR count). The molecule has 1 aliphatic rings. The summed E-state index contributed by atoms with van der Waals surface area (Å²) >= 11 is 0. The van der Waals surface area contributed by atoms with Gasteiger partial charge in [0.05, 0.1) is 6.61 Å². The summed E-state index contributed by atoms with van der Waals surface area (Å²) in [5.41, 5.74) is 0.723. The molecule has 1 fully saturated rings. The Morgan fingerprint density at radius 2 is 2.05 bits per heavy atom. The first kappa shape index (κ1) is 13.8. The summed E-state index contributed by atoms with van der Waals surface area (Å²) in [5, 5.41) is 0. The number of hydrogen-bond donors (Lipinski definition) is 0. The molecule has 3 nitrogen and oxygen atoms in total. The van der Waals surface area contributed by atoms with Crippen molar-refractivity contribution >= 4 is 11.6 Å². The van der Waals surface area contributed by atoms with Crippen LogP contribution in [0.1, 0.15) is 49.4 Å².